The summed E-state index contributed by atoms with van der Waals surface area (Å²) in [6.45, 7) is 4.34. The maximum absolute atomic E-state index is 11.1. The highest BCUT2D eigenvalue weighted by Gasteiger charge is 2.34. The Kier molecular flexibility index (Phi) is 6.59. The van der Waals surface area contributed by atoms with Crippen molar-refractivity contribution in [3.05, 3.63) is 34.3 Å². The zero-order valence-electron chi connectivity index (χ0n) is 13.5. The van der Waals surface area contributed by atoms with Crippen LogP contribution in [0.1, 0.15) is 32.3 Å². The van der Waals surface area contributed by atoms with Crippen LogP contribution in [0.4, 0.5) is 0 Å². The molecule has 0 bridgehead atoms. The molecule has 1 aliphatic rings. The summed E-state index contributed by atoms with van der Waals surface area (Å²) in [6.07, 6.45) is 1.85. The first-order valence-electron chi connectivity index (χ1n) is 7.72. The SMILES string of the molecule is CC(=O)OC[C@H]1CC[C@H](COC(C)=O)N1Cc1ccc(Br)cc1. The van der Waals surface area contributed by atoms with Crippen molar-refractivity contribution in [2.45, 2.75) is 45.3 Å². The number of esters is 2. The molecule has 126 valence electrons. The van der Waals surface area contributed by atoms with Gasteiger partial charge in [-0.25, -0.2) is 0 Å². The van der Waals surface area contributed by atoms with Gasteiger partial charge >= 0.3 is 11.9 Å². The molecule has 0 unspecified atom stereocenters. The highest BCUT2D eigenvalue weighted by Crippen LogP contribution is 2.27. The topological polar surface area (TPSA) is 55.8 Å². The first kappa shape index (κ1) is 17.9. The zero-order valence-corrected chi connectivity index (χ0v) is 15.0. The van der Waals surface area contributed by atoms with E-state index < -0.39 is 0 Å². The number of hydrogen-bond acceptors (Lipinski definition) is 5. The maximum atomic E-state index is 11.1. The van der Waals surface area contributed by atoms with E-state index >= 15 is 0 Å². The maximum Gasteiger partial charge on any atom is 0.302 e. The number of rotatable bonds is 6. The van der Waals surface area contributed by atoms with Crippen LogP contribution < -0.4 is 0 Å². The monoisotopic (exact) mass is 383 g/mol. The molecule has 2 rings (SSSR count). The summed E-state index contributed by atoms with van der Waals surface area (Å²) in [4.78, 5) is 24.4. The summed E-state index contributed by atoms with van der Waals surface area (Å²) in [6, 6.07) is 8.45. The standard InChI is InChI=1S/C17H22BrNO4/c1-12(20)22-10-16-7-8-17(11-23-13(2)21)19(16)9-14-3-5-15(18)6-4-14/h3-6,16-17H,7-11H2,1-2H3/t16-,17-/m1/s1. The van der Waals surface area contributed by atoms with Crippen LogP contribution in [0.5, 0.6) is 0 Å². The van der Waals surface area contributed by atoms with Crippen molar-refractivity contribution < 1.29 is 19.1 Å². The molecule has 2 atom stereocenters. The number of carbonyl (C=O) groups excluding carboxylic acids is 2. The van der Waals surface area contributed by atoms with Gasteiger partial charge in [0.05, 0.1) is 0 Å². The number of nitrogens with zero attached hydrogens (tertiary/aromatic N) is 1. The van der Waals surface area contributed by atoms with Gasteiger partial charge < -0.3 is 9.47 Å². The molecule has 0 aliphatic carbocycles. The van der Waals surface area contributed by atoms with E-state index in [0.29, 0.717) is 13.2 Å². The van der Waals surface area contributed by atoms with E-state index in [9.17, 15) is 9.59 Å². The first-order chi connectivity index (χ1) is 11.0. The van der Waals surface area contributed by atoms with Crippen molar-refractivity contribution in [1.82, 2.24) is 4.90 Å². The fraction of sp³-hybridized carbons (Fsp3) is 0.529. The molecule has 1 aromatic carbocycles. The zero-order chi connectivity index (χ0) is 16.8. The molecule has 23 heavy (non-hydrogen) atoms. The number of benzene rings is 1. The minimum atomic E-state index is -0.267. The Bertz CT molecular complexity index is 520. The van der Waals surface area contributed by atoms with Crippen LogP contribution in [0.25, 0.3) is 0 Å². The highest BCUT2D eigenvalue weighted by atomic mass is 79.9. The van der Waals surface area contributed by atoms with Gasteiger partial charge in [0, 0.05) is 36.9 Å². The Morgan fingerprint density at radius 1 is 1.04 bits per heavy atom. The van der Waals surface area contributed by atoms with Gasteiger partial charge in [0.25, 0.3) is 0 Å². The van der Waals surface area contributed by atoms with Crippen LogP contribution in [0.3, 0.4) is 0 Å². The predicted molar refractivity (Wildman–Crippen MR) is 89.8 cm³/mol. The number of carbonyl (C=O) groups is 2. The summed E-state index contributed by atoms with van der Waals surface area (Å²) in [5, 5.41) is 0. The lowest BCUT2D eigenvalue weighted by atomic mass is 10.2. The second kappa shape index (κ2) is 8.45. The molecule has 1 aromatic rings. The van der Waals surface area contributed by atoms with Gasteiger partial charge in [-0.1, -0.05) is 28.1 Å². The van der Waals surface area contributed by atoms with Crippen LogP contribution in [0.15, 0.2) is 28.7 Å². The smallest absolute Gasteiger partial charge is 0.302 e. The molecule has 0 N–H and O–H groups in total. The first-order valence-corrected chi connectivity index (χ1v) is 8.52. The van der Waals surface area contributed by atoms with E-state index in [0.717, 1.165) is 23.9 Å². The summed E-state index contributed by atoms with van der Waals surface area (Å²) in [5.41, 5.74) is 1.18. The van der Waals surface area contributed by atoms with Gasteiger partial charge in [0.15, 0.2) is 0 Å². The Morgan fingerprint density at radius 3 is 1.96 bits per heavy atom. The quantitative estimate of drug-likeness (QED) is 0.706. The molecule has 0 radical (unpaired) electrons. The molecule has 1 fully saturated rings. The van der Waals surface area contributed by atoms with Crippen LogP contribution >= 0.6 is 15.9 Å². The third-order valence-corrected chi connectivity index (χ3v) is 4.54. The average molecular weight is 384 g/mol. The Balaban J connectivity index is 2.05. The van der Waals surface area contributed by atoms with Gasteiger partial charge in [0.1, 0.15) is 13.2 Å². The van der Waals surface area contributed by atoms with Crippen molar-refractivity contribution in [3.63, 3.8) is 0 Å². The molecule has 5 nitrogen and oxygen atoms in total. The van der Waals surface area contributed by atoms with Crippen molar-refractivity contribution in [2.24, 2.45) is 0 Å². The van der Waals surface area contributed by atoms with Gasteiger partial charge in [-0.15, -0.1) is 0 Å². The molecule has 6 heteroatoms. The van der Waals surface area contributed by atoms with Gasteiger partial charge in [-0.2, -0.15) is 0 Å². The molecular formula is C17H22BrNO4. The molecule has 0 spiro atoms. The highest BCUT2D eigenvalue weighted by molar-refractivity contribution is 9.10. The van der Waals surface area contributed by atoms with E-state index in [1.54, 1.807) is 0 Å². The van der Waals surface area contributed by atoms with E-state index in [2.05, 4.69) is 33.0 Å². The molecule has 0 saturated carbocycles. The largest absolute Gasteiger partial charge is 0.464 e. The molecular weight excluding hydrogens is 362 g/mol. The van der Waals surface area contributed by atoms with Crippen LogP contribution in [0.2, 0.25) is 0 Å². The normalized spacial score (nSPS) is 21.2. The lowest BCUT2D eigenvalue weighted by Crippen LogP contribution is -2.40. The van der Waals surface area contributed by atoms with E-state index in [1.807, 2.05) is 12.1 Å². The fourth-order valence-electron chi connectivity index (χ4n) is 2.86. The van der Waals surface area contributed by atoms with Crippen molar-refractivity contribution in [2.75, 3.05) is 13.2 Å². The Labute approximate surface area is 145 Å². The minimum Gasteiger partial charge on any atom is -0.464 e. The molecule has 1 heterocycles. The van der Waals surface area contributed by atoms with Crippen LogP contribution in [-0.2, 0) is 25.6 Å². The Hall–Kier alpha value is -1.40. The average Bonchev–Trinajstić information content (AvgIpc) is 2.87. The van der Waals surface area contributed by atoms with Gasteiger partial charge in [-0.05, 0) is 30.5 Å². The van der Waals surface area contributed by atoms with E-state index in [4.69, 9.17) is 9.47 Å². The van der Waals surface area contributed by atoms with Crippen LogP contribution in [0, 0.1) is 0 Å². The van der Waals surface area contributed by atoms with Crippen LogP contribution in [-0.4, -0.2) is 42.1 Å². The summed E-state index contributed by atoms with van der Waals surface area (Å²) in [7, 11) is 0. The lowest BCUT2D eigenvalue weighted by Gasteiger charge is -2.29. The fourth-order valence-corrected chi connectivity index (χ4v) is 3.12. The predicted octanol–water partition coefficient (Wildman–Crippen LogP) is 2.91. The lowest BCUT2D eigenvalue weighted by molar-refractivity contribution is -0.143. The minimum absolute atomic E-state index is 0.156. The summed E-state index contributed by atoms with van der Waals surface area (Å²) in [5.74, 6) is -0.533. The number of hydrogen-bond donors (Lipinski definition) is 0. The molecule has 1 aliphatic heterocycles. The molecule has 0 amide bonds. The van der Waals surface area contributed by atoms with E-state index in [1.165, 1.54) is 19.4 Å². The third kappa shape index (κ3) is 5.62. The van der Waals surface area contributed by atoms with Crippen molar-refractivity contribution in [1.29, 1.82) is 0 Å². The number of likely N-dealkylation sites (tertiary alicyclic amines) is 1. The summed E-state index contributed by atoms with van der Waals surface area (Å²) >= 11 is 3.43. The number of halogens is 1. The molecule has 1 saturated heterocycles. The van der Waals surface area contributed by atoms with E-state index in [-0.39, 0.29) is 24.0 Å². The van der Waals surface area contributed by atoms with Gasteiger partial charge in [0.2, 0.25) is 0 Å². The molecule has 0 aromatic heterocycles. The second-order valence-electron chi connectivity index (χ2n) is 5.79. The third-order valence-electron chi connectivity index (χ3n) is 4.01. The Morgan fingerprint density at radius 2 is 1.52 bits per heavy atom. The second-order valence-corrected chi connectivity index (χ2v) is 6.70. The van der Waals surface area contributed by atoms with Crippen molar-refractivity contribution >= 4 is 27.9 Å². The van der Waals surface area contributed by atoms with Gasteiger partial charge in [-0.3, -0.25) is 14.5 Å². The summed E-state index contributed by atoms with van der Waals surface area (Å²) < 4.78 is 11.4. The number of ether oxygens (including phenoxy) is 2. The van der Waals surface area contributed by atoms with Crippen molar-refractivity contribution in [3.8, 4) is 0 Å².